The second kappa shape index (κ2) is 8.03. The molecule has 0 saturated carbocycles. The second-order valence-electron chi connectivity index (χ2n) is 6.41. The van der Waals surface area contributed by atoms with Crippen molar-refractivity contribution in [2.45, 2.75) is 25.9 Å². The van der Waals surface area contributed by atoms with E-state index in [1.807, 2.05) is 25.1 Å². The van der Waals surface area contributed by atoms with Crippen LogP contribution >= 0.6 is 0 Å². The summed E-state index contributed by atoms with van der Waals surface area (Å²) in [5, 5.41) is 5.84. The molecule has 0 aromatic heterocycles. The van der Waals surface area contributed by atoms with E-state index >= 15 is 0 Å². The lowest BCUT2D eigenvalue weighted by Gasteiger charge is -2.22. The maximum absolute atomic E-state index is 12.2. The number of ether oxygens (including phenoxy) is 1. The maximum atomic E-state index is 12.2. The minimum Gasteiger partial charge on any atom is -0.383 e. The second-order valence-corrected chi connectivity index (χ2v) is 6.41. The van der Waals surface area contributed by atoms with Crippen molar-refractivity contribution in [2.24, 2.45) is 0 Å². The van der Waals surface area contributed by atoms with E-state index in [1.54, 1.807) is 7.11 Å². The van der Waals surface area contributed by atoms with Crippen molar-refractivity contribution in [2.75, 3.05) is 30.5 Å². The van der Waals surface area contributed by atoms with Gasteiger partial charge in [0, 0.05) is 31.6 Å². The molecule has 1 heterocycles. The van der Waals surface area contributed by atoms with Crippen molar-refractivity contribution in [3.8, 4) is 0 Å². The van der Waals surface area contributed by atoms with Gasteiger partial charge in [0.2, 0.25) is 0 Å². The Kier molecular flexibility index (Phi) is 5.56. The van der Waals surface area contributed by atoms with Gasteiger partial charge in [-0.25, -0.2) is 4.79 Å². The molecule has 0 aliphatic carbocycles. The molecule has 1 aliphatic rings. The van der Waals surface area contributed by atoms with Crippen molar-refractivity contribution in [1.29, 1.82) is 0 Å². The van der Waals surface area contributed by atoms with Gasteiger partial charge in [0.15, 0.2) is 0 Å². The van der Waals surface area contributed by atoms with Crippen LogP contribution in [0.3, 0.4) is 0 Å². The zero-order valence-electron chi connectivity index (χ0n) is 14.8. The van der Waals surface area contributed by atoms with Gasteiger partial charge in [-0.05, 0) is 36.6 Å². The van der Waals surface area contributed by atoms with Crippen LogP contribution in [0.15, 0.2) is 48.5 Å². The van der Waals surface area contributed by atoms with Gasteiger partial charge in [0.05, 0.1) is 12.6 Å². The summed E-state index contributed by atoms with van der Waals surface area (Å²) in [6, 6.07) is 16.2. The topological polar surface area (TPSA) is 53.6 Å². The number of rotatable bonds is 6. The van der Waals surface area contributed by atoms with Crippen LogP contribution in [-0.2, 0) is 17.7 Å². The van der Waals surface area contributed by atoms with E-state index in [0.29, 0.717) is 6.61 Å². The minimum absolute atomic E-state index is 0.0392. The number of benzene rings is 2. The Morgan fingerprint density at radius 2 is 1.96 bits per heavy atom. The van der Waals surface area contributed by atoms with Gasteiger partial charge >= 0.3 is 6.03 Å². The van der Waals surface area contributed by atoms with E-state index in [0.717, 1.165) is 30.8 Å². The quantitative estimate of drug-likeness (QED) is 0.848. The Labute approximate surface area is 149 Å². The number of hydrogen-bond acceptors (Lipinski definition) is 3. The minimum atomic E-state index is -0.209. The summed E-state index contributed by atoms with van der Waals surface area (Å²) in [6.45, 7) is 4.18. The summed E-state index contributed by atoms with van der Waals surface area (Å²) in [4.78, 5) is 14.6. The average Bonchev–Trinajstić information content (AvgIpc) is 3.00. The highest BCUT2D eigenvalue weighted by Gasteiger charge is 2.19. The zero-order chi connectivity index (χ0) is 17.6. The van der Waals surface area contributed by atoms with E-state index in [9.17, 15) is 4.79 Å². The molecule has 3 rings (SSSR count). The molecule has 0 radical (unpaired) electrons. The Balaban J connectivity index is 1.68. The molecule has 1 aliphatic heterocycles. The molecule has 2 aromatic rings. The Morgan fingerprint density at radius 1 is 1.20 bits per heavy atom. The number of nitrogens with zero attached hydrogens (tertiary/aromatic N) is 1. The first-order chi connectivity index (χ1) is 12.2. The van der Waals surface area contributed by atoms with Crippen molar-refractivity contribution in [3.05, 3.63) is 59.7 Å². The highest BCUT2D eigenvalue weighted by molar-refractivity contribution is 5.90. The van der Waals surface area contributed by atoms with E-state index in [-0.39, 0.29) is 12.1 Å². The van der Waals surface area contributed by atoms with Crippen molar-refractivity contribution < 1.29 is 9.53 Å². The van der Waals surface area contributed by atoms with Gasteiger partial charge in [0.1, 0.15) is 0 Å². The summed E-state index contributed by atoms with van der Waals surface area (Å²) in [7, 11) is 1.62. The van der Waals surface area contributed by atoms with Crippen LogP contribution in [0.4, 0.5) is 16.2 Å². The fourth-order valence-corrected chi connectivity index (χ4v) is 3.23. The Hall–Kier alpha value is -2.53. The van der Waals surface area contributed by atoms with Crippen molar-refractivity contribution in [3.63, 3.8) is 0 Å². The van der Waals surface area contributed by atoms with Crippen LogP contribution in [0.2, 0.25) is 0 Å². The van der Waals surface area contributed by atoms with Gasteiger partial charge in [-0.2, -0.15) is 0 Å². The van der Waals surface area contributed by atoms with Gasteiger partial charge in [-0.1, -0.05) is 36.4 Å². The summed E-state index contributed by atoms with van der Waals surface area (Å²) in [5.41, 5.74) is 4.62. The van der Waals surface area contributed by atoms with Gasteiger partial charge in [0.25, 0.3) is 0 Å². The predicted octanol–water partition coefficient (Wildman–Crippen LogP) is 3.41. The highest BCUT2D eigenvalue weighted by atomic mass is 16.5. The lowest BCUT2D eigenvalue weighted by atomic mass is 10.1. The molecule has 0 spiro atoms. The summed E-state index contributed by atoms with van der Waals surface area (Å²) in [6.07, 6.45) is 1.07. The van der Waals surface area contributed by atoms with Gasteiger partial charge in [-0.15, -0.1) is 0 Å². The lowest BCUT2D eigenvalue weighted by Crippen LogP contribution is -2.38. The summed E-state index contributed by atoms with van der Waals surface area (Å²) in [5.74, 6) is 0. The highest BCUT2D eigenvalue weighted by Crippen LogP contribution is 2.30. The van der Waals surface area contributed by atoms with Crippen LogP contribution < -0.4 is 15.5 Å². The van der Waals surface area contributed by atoms with Crippen LogP contribution in [0.5, 0.6) is 0 Å². The molecule has 0 bridgehead atoms. The molecular weight excluding hydrogens is 314 g/mol. The zero-order valence-corrected chi connectivity index (χ0v) is 14.8. The number of carbonyl (C=O) groups is 1. The molecule has 2 N–H and O–H groups in total. The molecule has 5 nitrogen and oxygen atoms in total. The molecule has 1 unspecified atom stereocenters. The number of para-hydroxylation sites is 2. The summed E-state index contributed by atoms with van der Waals surface area (Å²) < 4.78 is 5.05. The average molecular weight is 339 g/mol. The van der Waals surface area contributed by atoms with E-state index in [2.05, 4.69) is 45.9 Å². The van der Waals surface area contributed by atoms with E-state index in [4.69, 9.17) is 4.74 Å². The fourth-order valence-electron chi connectivity index (χ4n) is 3.23. The number of fused-ring (bicyclic) bond motifs is 1. The van der Waals surface area contributed by atoms with Crippen LogP contribution in [0.25, 0.3) is 0 Å². The van der Waals surface area contributed by atoms with Crippen LogP contribution in [0.1, 0.15) is 18.1 Å². The maximum Gasteiger partial charge on any atom is 0.319 e. The fraction of sp³-hybridized carbons (Fsp3) is 0.350. The lowest BCUT2D eigenvalue weighted by molar-refractivity contribution is 0.173. The Morgan fingerprint density at radius 3 is 2.80 bits per heavy atom. The molecule has 2 amide bonds. The van der Waals surface area contributed by atoms with Crippen molar-refractivity contribution >= 4 is 17.4 Å². The van der Waals surface area contributed by atoms with E-state index < -0.39 is 0 Å². The molecule has 25 heavy (non-hydrogen) atoms. The third-order valence-corrected chi connectivity index (χ3v) is 4.40. The molecular formula is C20H25N3O2. The monoisotopic (exact) mass is 339 g/mol. The first-order valence-corrected chi connectivity index (χ1v) is 8.64. The molecule has 2 aromatic carbocycles. The SMILES string of the molecule is COCC(C)NC(=O)Nc1ccccc1CN1CCc2ccccc21. The van der Waals surface area contributed by atoms with Gasteiger partial charge in [-0.3, -0.25) is 0 Å². The Bertz CT molecular complexity index is 732. The standard InChI is InChI=1S/C20H25N3O2/c1-15(14-25-2)21-20(24)22-18-9-5-3-8-17(18)13-23-12-11-16-7-4-6-10-19(16)23/h3-10,15H,11-14H2,1-2H3,(H2,21,22,24). The number of urea groups is 1. The first kappa shape index (κ1) is 17.3. The largest absolute Gasteiger partial charge is 0.383 e. The molecule has 0 fully saturated rings. The molecule has 132 valence electrons. The third kappa shape index (κ3) is 4.31. The first-order valence-electron chi connectivity index (χ1n) is 8.64. The van der Waals surface area contributed by atoms with Crippen molar-refractivity contribution in [1.82, 2.24) is 5.32 Å². The van der Waals surface area contributed by atoms with Gasteiger partial charge < -0.3 is 20.3 Å². The number of hydrogen-bond donors (Lipinski definition) is 2. The third-order valence-electron chi connectivity index (χ3n) is 4.40. The number of methoxy groups -OCH3 is 1. The predicted molar refractivity (Wildman–Crippen MR) is 101 cm³/mol. The van der Waals surface area contributed by atoms with E-state index in [1.165, 1.54) is 11.3 Å². The van der Waals surface area contributed by atoms with Crippen LogP contribution in [0, 0.1) is 0 Å². The number of carbonyl (C=O) groups excluding carboxylic acids is 1. The molecule has 1 atom stereocenters. The normalized spacial score (nSPS) is 14.1. The summed E-state index contributed by atoms with van der Waals surface area (Å²) >= 11 is 0. The molecule has 5 heteroatoms. The van der Waals surface area contributed by atoms with Crippen LogP contribution in [-0.4, -0.2) is 32.3 Å². The number of anilines is 2. The smallest absolute Gasteiger partial charge is 0.319 e. The molecule has 0 saturated heterocycles. The number of nitrogens with one attached hydrogen (secondary N) is 2. The number of amides is 2.